The average Bonchev–Trinajstić information content (AvgIpc) is 2.29. The average molecular weight is 213 g/mol. The Morgan fingerprint density at radius 1 is 1.27 bits per heavy atom. The number of hydrogen-bond donors (Lipinski definition) is 1. The normalized spacial score (nSPS) is 22.6. The fraction of sp³-hybridized carbons (Fsp3) is 1.00. The number of nitrogens with one attached hydrogen (secondary N) is 1. The highest BCUT2D eigenvalue weighted by Crippen LogP contribution is 2.26. The molecule has 15 heavy (non-hydrogen) atoms. The van der Waals surface area contributed by atoms with Crippen molar-refractivity contribution in [1.29, 1.82) is 0 Å². The third-order valence-corrected chi connectivity index (χ3v) is 3.72. The number of hydrogen-bond acceptors (Lipinski definition) is 2. The Morgan fingerprint density at radius 3 is 2.47 bits per heavy atom. The van der Waals surface area contributed by atoms with Gasteiger partial charge in [0, 0.05) is 19.2 Å². The van der Waals surface area contributed by atoms with Crippen LogP contribution in [-0.4, -0.2) is 25.8 Å². The van der Waals surface area contributed by atoms with E-state index in [2.05, 4.69) is 19.2 Å². The highest BCUT2D eigenvalue weighted by Gasteiger charge is 2.21. The van der Waals surface area contributed by atoms with E-state index < -0.39 is 0 Å². The largest absolute Gasteiger partial charge is 0.383 e. The van der Waals surface area contributed by atoms with Crippen molar-refractivity contribution in [2.45, 2.75) is 64.5 Å². The lowest BCUT2D eigenvalue weighted by Gasteiger charge is -2.31. The number of ether oxygens (including phenoxy) is 1. The summed E-state index contributed by atoms with van der Waals surface area (Å²) >= 11 is 0. The van der Waals surface area contributed by atoms with Gasteiger partial charge in [-0.05, 0) is 32.1 Å². The molecule has 0 radical (unpaired) electrons. The molecule has 2 nitrogen and oxygen atoms in total. The van der Waals surface area contributed by atoms with Crippen molar-refractivity contribution in [3.8, 4) is 0 Å². The molecule has 0 aromatic carbocycles. The molecule has 0 saturated heterocycles. The minimum Gasteiger partial charge on any atom is -0.383 e. The monoisotopic (exact) mass is 213 g/mol. The molecule has 0 bridgehead atoms. The number of methoxy groups -OCH3 is 1. The van der Waals surface area contributed by atoms with Crippen molar-refractivity contribution >= 4 is 0 Å². The van der Waals surface area contributed by atoms with Crippen LogP contribution >= 0.6 is 0 Å². The summed E-state index contributed by atoms with van der Waals surface area (Å²) in [6, 6.07) is 1.19. The van der Waals surface area contributed by atoms with Crippen molar-refractivity contribution in [3.63, 3.8) is 0 Å². The highest BCUT2D eigenvalue weighted by molar-refractivity contribution is 4.79. The van der Waals surface area contributed by atoms with Gasteiger partial charge in [0.05, 0.1) is 6.61 Å². The van der Waals surface area contributed by atoms with Crippen molar-refractivity contribution in [3.05, 3.63) is 0 Å². The van der Waals surface area contributed by atoms with Crippen molar-refractivity contribution in [2.75, 3.05) is 13.7 Å². The lowest BCUT2D eigenvalue weighted by Crippen LogP contribution is -2.43. The van der Waals surface area contributed by atoms with Crippen LogP contribution in [0.1, 0.15) is 52.4 Å². The van der Waals surface area contributed by atoms with E-state index in [-0.39, 0.29) is 0 Å². The maximum atomic E-state index is 5.22. The Hall–Kier alpha value is -0.0800. The van der Waals surface area contributed by atoms with Crippen LogP contribution in [0.15, 0.2) is 0 Å². The Labute approximate surface area is 94.8 Å². The Kier molecular flexibility index (Phi) is 6.26. The van der Waals surface area contributed by atoms with Gasteiger partial charge in [-0.3, -0.25) is 0 Å². The van der Waals surface area contributed by atoms with Gasteiger partial charge in [-0.25, -0.2) is 0 Å². The van der Waals surface area contributed by atoms with E-state index >= 15 is 0 Å². The first kappa shape index (κ1) is 13.0. The van der Waals surface area contributed by atoms with E-state index in [1.165, 1.54) is 32.1 Å². The molecule has 0 spiro atoms. The van der Waals surface area contributed by atoms with Crippen LogP contribution in [0.2, 0.25) is 0 Å². The molecule has 1 fully saturated rings. The fourth-order valence-electron chi connectivity index (χ4n) is 2.63. The van der Waals surface area contributed by atoms with Crippen LogP contribution < -0.4 is 5.32 Å². The van der Waals surface area contributed by atoms with Crippen LogP contribution in [0.3, 0.4) is 0 Å². The van der Waals surface area contributed by atoms with Gasteiger partial charge in [0.1, 0.15) is 0 Å². The van der Waals surface area contributed by atoms with Gasteiger partial charge in [-0.1, -0.05) is 26.2 Å². The molecule has 0 unspecified atom stereocenters. The molecule has 1 saturated carbocycles. The third-order valence-electron chi connectivity index (χ3n) is 3.72. The molecular weight excluding hydrogens is 186 g/mol. The van der Waals surface area contributed by atoms with Crippen LogP contribution in [0.5, 0.6) is 0 Å². The third kappa shape index (κ3) is 4.52. The van der Waals surface area contributed by atoms with Crippen molar-refractivity contribution < 1.29 is 4.74 Å². The van der Waals surface area contributed by atoms with Gasteiger partial charge in [-0.2, -0.15) is 0 Å². The standard InChI is InChI=1S/C13H27NO/c1-4-13(10-15-3)14-11(2)12-8-6-5-7-9-12/h11-14H,4-10H2,1-3H3/t11-,13-/m1/s1. The van der Waals surface area contributed by atoms with Crippen molar-refractivity contribution in [1.82, 2.24) is 5.32 Å². The van der Waals surface area contributed by atoms with E-state index in [1.54, 1.807) is 7.11 Å². The zero-order valence-corrected chi connectivity index (χ0v) is 10.6. The molecule has 1 aliphatic rings. The molecule has 0 amide bonds. The van der Waals surface area contributed by atoms with E-state index in [0.29, 0.717) is 12.1 Å². The SMILES string of the molecule is CC[C@H](COC)N[C@H](C)C1CCCCC1. The second-order valence-electron chi connectivity index (χ2n) is 4.91. The zero-order valence-electron chi connectivity index (χ0n) is 10.6. The predicted molar refractivity (Wildman–Crippen MR) is 65.1 cm³/mol. The summed E-state index contributed by atoms with van der Waals surface area (Å²) < 4.78 is 5.22. The van der Waals surface area contributed by atoms with Gasteiger partial charge in [0.25, 0.3) is 0 Å². The topological polar surface area (TPSA) is 21.3 Å². The summed E-state index contributed by atoms with van der Waals surface area (Å²) in [6.07, 6.45) is 8.29. The molecule has 1 rings (SSSR count). The maximum Gasteiger partial charge on any atom is 0.0615 e. The molecule has 2 heteroatoms. The summed E-state index contributed by atoms with van der Waals surface area (Å²) in [6.45, 7) is 5.41. The molecule has 0 aromatic heterocycles. The molecule has 1 aliphatic carbocycles. The fourth-order valence-corrected chi connectivity index (χ4v) is 2.63. The van der Waals surface area contributed by atoms with E-state index in [1.807, 2.05) is 0 Å². The molecule has 1 N–H and O–H groups in total. The summed E-state index contributed by atoms with van der Waals surface area (Å²) in [5, 5.41) is 3.71. The Balaban J connectivity index is 2.28. The number of rotatable bonds is 6. The zero-order chi connectivity index (χ0) is 11.1. The summed E-state index contributed by atoms with van der Waals surface area (Å²) in [5.41, 5.74) is 0. The van der Waals surface area contributed by atoms with E-state index in [9.17, 15) is 0 Å². The van der Waals surface area contributed by atoms with Gasteiger partial charge in [-0.15, -0.1) is 0 Å². The van der Waals surface area contributed by atoms with Crippen LogP contribution in [-0.2, 0) is 4.74 Å². The summed E-state index contributed by atoms with van der Waals surface area (Å²) in [5.74, 6) is 0.893. The lowest BCUT2D eigenvalue weighted by atomic mass is 9.84. The first-order valence-electron chi connectivity index (χ1n) is 6.53. The van der Waals surface area contributed by atoms with Crippen LogP contribution in [0, 0.1) is 5.92 Å². The summed E-state index contributed by atoms with van der Waals surface area (Å²) in [7, 11) is 1.79. The molecule has 0 heterocycles. The first-order chi connectivity index (χ1) is 7.27. The molecule has 2 atom stereocenters. The molecule has 0 aromatic rings. The maximum absolute atomic E-state index is 5.22. The minimum absolute atomic E-state index is 0.534. The minimum atomic E-state index is 0.534. The van der Waals surface area contributed by atoms with Gasteiger partial charge in [0.2, 0.25) is 0 Å². The van der Waals surface area contributed by atoms with Crippen LogP contribution in [0.4, 0.5) is 0 Å². The smallest absolute Gasteiger partial charge is 0.0615 e. The van der Waals surface area contributed by atoms with Crippen molar-refractivity contribution in [2.24, 2.45) is 5.92 Å². The highest BCUT2D eigenvalue weighted by atomic mass is 16.5. The van der Waals surface area contributed by atoms with E-state index in [4.69, 9.17) is 4.74 Å². The Morgan fingerprint density at radius 2 is 1.93 bits per heavy atom. The van der Waals surface area contributed by atoms with Gasteiger partial charge in [0.15, 0.2) is 0 Å². The lowest BCUT2D eigenvalue weighted by molar-refractivity contribution is 0.148. The summed E-state index contributed by atoms with van der Waals surface area (Å²) in [4.78, 5) is 0. The quantitative estimate of drug-likeness (QED) is 0.732. The second-order valence-corrected chi connectivity index (χ2v) is 4.91. The Bertz CT molecular complexity index is 155. The second kappa shape index (κ2) is 7.24. The molecule has 90 valence electrons. The molecular formula is C13H27NO. The van der Waals surface area contributed by atoms with Gasteiger partial charge < -0.3 is 10.1 Å². The van der Waals surface area contributed by atoms with Crippen LogP contribution in [0.25, 0.3) is 0 Å². The van der Waals surface area contributed by atoms with E-state index in [0.717, 1.165) is 18.9 Å². The first-order valence-corrected chi connectivity index (χ1v) is 6.53. The van der Waals surface area contributed by atoms with Gasteiger partial charge >= 0.3 is 0 Å². The molecule has 0 aliphatic heterocycles. The predicted octanol–water partition coefficient (Wildman–Crippen LogP) is 2.97.